The minimum Gasteiger partial charge on any atom is -0.481 e. The van der Waals surface area contributed by atoms with E-state index in [1.807, 2.05) is 42.5 Å². The number of hydrogen-bond donors (Lipinski definition) is 2. The number of fused-ring (bicyclic) bond motifs is 1. The molecule has 0 saturated carbocycles. The molecule has 0 fully saturated rings. The summed E-state index contributed by atoms with van der Waals surface area (Å²) >= 11 is 0. The van der Waals surface area contributed by atoms with Gasteiger partial charge in [-0.25, -0.2) is 0 Å². The van der Waals surface area contributed by atoms with Gasteiger partial charge >= 0.3 is 5.97 Å². The van der Waals surface area contributed by atoms with E-state index in [-0.39, 0.29) is 6.42 Å². The van der Waals surface area contributed by atoms with Crippen molar-refractivity contribution >= 4 is 23.2 Å². The fraction of sp³-hybridized carbons (Fsp3) is 0.143. The molecule has 0 heterocycles. The Labute approximate surface area is 104 Å². The fourth-order valence-electron chi connectivity index (χ4n) is 1.95. The van der Waals surface area contributed by atoms with Crippen LogP contribution in [0.2, 0.25) is 0 Å². The third-order valence-electron chi connectivity index (χ3n) is 2.82. The van der Waals surface area contributed by atoms with E-state index in [0.29, 0.717) is 6.41 Å². The highest BCUT2D eigenvalue weighted by Gasteiger charge is 2.14. The molecular weight excluding hydrogens is 230 g/mol. The van der Waals surface area contributed by atoms with E-state index in [9.17, 15) is 9.59 Å². The summed E-state index contributed by atoms with van der Waals surface area (Å²) in [6, 6.07) is 13.0. The lowest BCUT2D eigenvalue weighted by Gasteiger charge is -2.14. The van der Waals surface area contributed by atoms with Crippen LogP contribution in [0.15, 0.2) is 42.5 Å². The lowest BCUT2D eigenvalue weighted by Crippen LogP contribution is -2.22. The molecule has 0 aromatic heterocycles. The van der Waals surface area contributed by atoms with E-state index in [4.69, 9.17) is 5.11 Å². The molecule has 0 aliphatic carbocycles. The lowest BCUT2D eigenvalue weighted by atomic mass is 10.00. The third kappa shape index (κ3) is 2.66. The molecule has 1 amide bonds. The zero-order chi connectivity index (χ0) is 13.0. The highest BCUT2D eigenvalue weighted by Crippen LogP contribution is 2.22. The monoisotopic (exact) mass is 243 g/mol. The number of aliphatic carboxylic acids is 1. The maximum Gasteiger partial charge on any atom is 0.305 e. The number of amides is 1. The molecule has 1 atom stereocenters. The van der Waals surface area contributed by atoms with Gasteiger partial charge in [0.15, 0.2) is 0 Å². The van der Waals surface area contributed by atoms with Crippen molar-refractivity contribution in [1.82, 2.24) is 5.32 Å². The predicted octanol–water partition coefficient (Wildman–Crippen LogP) is 2.10. The number of rotatable bonds is 5. The van der Waals surface area contributed by atoms with Crippen LogP contribution in [0.25, 0.3) is 10.8 Å². The molecule has 0 aliphatic rings. The van der Waals surface area contributed by atoms with Crippen molar-refractivity contribution in [1.29, 1.82) is 0 Å². The number of carboxylic acid groups (broad SMARTS) is 1. The van der Waals surface area contributed by atoms with Crippen LogP contribution in [0.3, 0.4) is 0 Å². The molecule has 2 rings (SSSR count). The zero-order valence-electron chi connectivity index (χ0n) is 9.67. The Kier molecular flexibility index (Phi) is 3.57. The average Bonchev–Trinajstić information content (AvgIpc) is 2.37. The molecule has 0 saturated heterocycles. The van der Waals surface area contributed by atoms with Crippen LogP contribution in [0.1, 0.15) is 18.0 Å². The molecule has 2 aromatic rings. The maximum atomic E-state index is 10.8. The molecule has 2 N–H and O–H groups in total. The highest BCUT2D eigenvalue weighted by atomic mass is 16.4. The second-order valence-electron chi connectivity index (χ2n) is 4.04. The van der Waals surface area contributed by atoms with E-state index >= 15 is 0 Å². The quantitative estimate of drug-likeness (QED) is 0.790. The summed E-state index contributed by atoms with van der Waals surface area (Å²) in [5.74, 6) is -0.942. The molecular formula is C14H13NO3. The standard InChI is InChI=1S/C14H13NO3/c16-9-15-13(8-14(17)18)12-6-5-10-3-1-2-4-11(10)7-12/h1-7,9,13H,8H2,(H,15,16)(H,17,18)/t13-/m0/s1. The average molecular weight is 243 g/mol. The van der Waals surface area contributed by atoms with Gasteiger partial charge in [0.05, 0.1) is 12.5 Å². The fourth-order valence-corrected chi connectivity index (χ4v) is 1.95. The van der Waals surface area contributed by atoms with Gasteiger partial charge in [-0.2, -0.15) is 0 Å². The Morgan fingerprint density at radius 1 is 1.22 bits per heavy atom. The zero-order valence-corrected chi connectivity index (χ0v) is 9.67. The Hall–Kier alpha value is -2.36. The van der Waals surface area contributed by atoms with E-state index in [1.165, 1.54) is 0 Å². The first-order valence-corrected chi connectivity index (χ1v) is 5.61. The molecule has 0 bridgehead atoms. The molecule has 4 nitrogen and oxygen atoms in total. The summed E-state index contributed by atoms with van der Waals surface area (Å²) < 4.78 is 0. The summed E-state index contributed by atoms with van der Waals surface area (Å²) in [6.45, 7) is 0. The van der Waals surface area contributed by atoms with E-state index in [2.05, 4.69) is 5.32 Å². The van der Waals surface area contributed by atoms with Gasteiger partial charge in [-0.3, -0.25) is 9.59 Å². The van der Waals surface area contributed by atoms with Crippen LogP contribution >= 0.6 is 0 Å². The Morgan fingerprint density at radius 3 is 2.61 bits per heavy atom. The van der Waals surface area contributed by atoms with Gasteiger partial charge in [0.2, 0.25) is 6.41 Å². The molecule has 2 aromatic carbocycles. The summed E-state index contributed by atoms with van der Waals surface area (Å²) in [5.41, 5.74) is 0.795. The molecule has 0 unspecified atom stereocenters. The van der Waals surface area contributed by atoms with Gasteiger partial charge in [-0.15, -0.1) is 0 Å². The van der Waals surface area contributed by atoms with E-state index in [1.54, 1.807) is 0 Å². The first-order chi connectivity index (χ1) is 8.70. The minimum atomic E-state index is -0.942. The van der Waals surface area contributed by atoms with Gasteiger partial charge < -0.3 is 10.4 Å². The molecule has 18 heavy (non-hydrogen) atoms. The maximum absolute atomic E-state index is 10.8. The van der Waals surface area contributed by atoms with Gasteiger partial charge in [0.25, 0.3) is 0 Å². The molecule has 0 aliphatic heterocycles. The lowest BCUT2D eigenvalue weighted by molar-refractivity contribution is -0.137. The van der Waals surface area contributed by atoms with Crippen molar-refractivity contribution in [2.75, 3.05) is 0 Å². The van der Waals surface area contributed by atoms with E-state index < -0.39 is 12.0 Å². The highest BCUT2D eigenvalue weighted by molar-refractivity contribution is 5.83. The normalized spacial score (nSPS) is 12.0. The molecule has 4 heteroatoms. The number of carbonyl (C=O) groups excluding carboxylic acids is 1. The Bertz CT molecular complexity index is 580. The number of benzene rings is 2. The van der Waals surface area contributed by atoms with Crippen molar-refractivity contribution in [3.63, 3.8) is 0 Å². The van der Waals surface area contributed by atoms with Gasteiger partial charge in [-0.05, 0) is 22.4 Å². The van der Waals surface area contributed by atoms with Crippen molar-refractivity contribution in [2.45, 2.75) is 12.5 Å². The van der Waals surface area contributed by atoms with Gasteiger partial charge in [0.1, 0.15) is 0 Å². The van der Waals surface area contributed by atoms with Crippen LogP contribution in [0, 0.1) is 0 Å². The smallest absolute Gasteiger partial charge is 0.305 e. The second-order valence-corrected chi connectivity index (χ2v) is 4.04. The molecule has 0 spiro atoms. The number of carbonyl (C=O) groups is 2. The van der Waals surface area contributed by atoms with Crippen molar-refractivity contribution < 1.29 is 14.7 Å². The third-order valence-corrected chi connectivity index (χ3v) is 2.82. The summed E-state index contributed by atoms with van der Waals surface area (Å²) in [6.07, 6.45) is 0.403. The van der Waals surface area contributed by atoms with E-state index in [0.717, 1.165) is 16.3 Å². The predicted molar refractivity (Wildman–Crippen MR) is 68.1 cm³/mol. The molecule has 0 radical (unpaired) electrons. The SMILES string of the molecule is O=CN[C@@H](CC(=O)O)c1ccc2ccccc2c1. The number of hydrogen-bond acceptors (Lipinski definition) is 2. The van der Waals surface area contributed by atoms with Crippen molar-refractivity contribution in [2.24, 2.45) is 0 Å². The summed E-state index contributed by atoms with van der Waals surface area (Å²) in [5, 5.41) is 13.5. The molecule has 92 valence electrons. The Morgan fingerprint density at radius 2 is 1.94 bits per heavy atom. The Balaban J connectivity index is 2.37. The van der Waals surface area contributed by atoms with Crippen LogP contribution in [-0.2, 0) is 9.59 Å². The minimum absolute atomic E-state index is 0.128. The van der Waals surface area contributed by atoms with Gasteiger partial charge in [0, 0.05) is 0 Å². The van der Waals surface area contributed by atoms with Crippen LogP contribution in [0.5, 0.6) is 0 Å². The topological polar surface area (TPSA) is 66.4 Å². The second kappa shape index (κ2) is 5.31. The van der Waals surface area contributed by atoms with Crippen molar-refractivity contribution in [3.8, 4) is 0 Å². The van der Waals surface area contributed by atoms with Crippen LogP contribution in [-0.4, -0.2) is 17.5 Å². The summed E-state index contributed by atoms with van der Waals surface area (Å²) in [4.78, 5) is 21.3. The number of carboxylic acids is 1. The van der Waals surface area contributed by atoms with Crippen molar-refractivity contribution in [3.05, 3.63) is 48.0 Å². The first-order valence-electron chi connectivity index (χ1n) is 5.61. The van der Waals surface area contributed by atoms with Crippen LogP contribution < -0.4 is 5.32 Å². The number of nitrogens with one attached hydrogen (secondary N) is 1. The van der Waals surface area contributed by atoms with Crippen LogP contribution in [0.4, 0.5) is 0 Å². The summed E-state index contributed by atoms with van der Waals surface area (Å²) in [7, 11) is 0. The van der Waals surface area contributed by atoms with Gasteiger partial charge in [-0.1, -0.05) is 36.4 Å². The first kappa shape index (κ1) is 12.1. The largest absolute Gasteiger partial charge is 0.481 e.